The molecule has 1 aromatic rings. The van der Waals surface area contributed by atoms with E-state index in [0.717, 1.165) is 12.2 Å². The highest BCUT2D eigenvalue weighted by molar-refractivity contribution is 14.1. The van der Waals surface area contributed by atoms with Crippen LogP contribution in [0.3, 0.4) is 0 Å². The molecule has 5 heteroatoms. The van der Waals surface area contributed by atoms with Gasteiger partial charge < -0.3 is 15.4 Å². The monoisotopic (exact) mass is 338 g/mol. The zero-order valence-electron chi connectivity index (χ0n) is 9.46. The van der Waals surface area contributed by atoms with Gasteiger partial charge in [-0.25, -0.2) is 4.39 Å². The number of nitrogens with two attached hydrogens (primary N) is 1. The Morgan fingerprint density at radius 3 is 2.75 bits per heavy atom. The normalized spacial score (nSPS) is 10.5. The van der Waals surface area contributed by atoms with Gasteiger partial charge in [-0.05, 0) is 35.6 Å². The van der Waals surface area contributed by atoms with E-state index in [0.29, 0.717) is 22.4 Å². The Morgan fingerprint density at radius 2 is 2.19 bits per heavy atom. The Hall–Kier alpha value is -0.560. The van der Waals surface area contributed by atoms with Gasteiger partial charge in [0.1, 0.15) is 5.82 Å². The van der Waals surface area contributed by atoms with Crippen LogP contribution < -0.4 is 10.6 Å². The van der Waals surface area contributed by atoms with Crippen LogP contribution in [0.25, 0.3) is 0 Å². The molecule has 0 heterocycles. The fourth-order valence-electron chi connectivity index (χ4n) is 1.48. The van der Waals surface area contributed by atoms with Crippen molar-refractivity contribution in [3.63, 3.8) is 0 Å². The predicted molar refractivity (Wildman–Crippen MR) is 73.3 cm³/mol. The molecule has 0 aliphatic heterocycles. The summed E-state index contributed by atoms with van der Waals surface area (Å²) in [5, 5.41) is 0. The van der Waals surface area contributed by atoms with Gasteiger partial charge in [0.05, 0.1) is 21.6 Å². The van der Waals surface area contributed by atoms with Gasteiger partial charge in [0.15, 0.2) is 0 Å². The molecule has 1 rings (SSSR count). The van der Waals surface area contributed by atoms with E-state index in [1.54, 1.807) is 13.2 Å². The molecule has 0 aliphatic rings. The van der Waals surface area contributed by atoms with Crippen molar-refractivity contribution in [1.82, 2.24) is 0 Å². The number of likely N-dealkylation sites (N-methyl/N-ethyl adjacent to an activating group) is 1. The molecule has 1 aromatic carbocycles. The van der Waals surface area contributed by atoms with Crippen LogP contribution in [-0.4, -0.2) is 26.8 Å². The molecule has 0 saturated carbocycles. The van der Waals surface area contributed by atoms with Crippen LogP contribution in [0.4, 0.5) is 15.8 Å². The molecule has 0 aliphatic carbocycles. The van der Waals surface area contributed by atoms with Gasteiger partial charge in [-0.3, -0.25) is 0 Å². The Balaban J connectivity index is 2.95. The highest BCUT2D eigenvalue weighted by Gasteiger charge is 2.11. The Bertz CT molecular complexity index is 360. The number of ether oxygens (including phenoxy) is 1. The average molecular weight is 338 g/mol. The fraction of sp³-hybridized carbons (Fsp3) is 0.455. The maximum atomic E-state index is 13.5. The van der Waals surface area contributed by atoms with Gasteiger partial charge in [-0.15, -0.1) is 0 Å². The first-order valence-corrected chi connectivity index (χ1v) is 6.16. The van der Waals surface area contributed by atoms with Crippen LogP contribution in [0.15, 0.2) is 12.1 Å². The topological polar surface area (TPSA) is 38.5 Å². The summed E-state index contributed by atoms with van der Waals surface area (Å²) < 4.78 is 19.0. The third-order valence-corrected chi connectivity index (χ3v) is 3.18. The first-order valence-electron chi connectivity index (χ1n) is 5.08. The van der Waals surface area contributed by atoms with E-state index in [-0.39, 0.29) is 5.82 Å². The maximum Gasteiger partial charge on any atom is 0.138 e. The average Bonchev–Trinajstić information content (AvgIpc) is 2.26. The van der Waals surface area contributed by atoms with E-state index in [1.807, 2.05) is 34.4 Å². The summed E-state index contributed by atoms with van der Waals surface area (Å²) in [7, 11) is 1.64. The minimum atomic E-state index is -0.235. The molecule has 0 spiro atoms. The number of benzene rings is 1. The number of hydrogen-bond acceptors (Lipinski definition) is 3. The summed E-state index contributed by atoms with van der Waals surface area (Å²) in [6, 6.07) is 3.14. The molecule has 0 saturated heterocycles. The first-order chi connectivity index (χ1) is 7.60. The lowest BCUT2D eigenvalue weighted by Gasteiger charge is -2.24. The van der Waals surface area contributed by atoms with Crippen LogP contribution in [0.5, 0.6) is 0 Å². The molecule has 16 heavy (non-hydrogen) atoms. The van der Waals surface area contributed by atoms with Crippen molar-refractivity contribution in [2.24, 2.45) is 0 Å². The van der Waals surface area contributed by atoms with Crippen LogP contribution in [0.2, 0.25) is 0 Å². The van der Waals surface area contributed by atoms with Crippen molar-refractivity contribution in [2.45, 2.75) is 6.92 Å². The van der Waals surface area contributed by atoms with Crippen LogP contribution in [-0.2, 0) is 4.74 Å². The lowest BCUT2D eigenvalue weighted by Crippen LogP contribution is -2.27. The van der Waals surface area contributed by atoms with Crippen LogP contribution in [0, 0.1) is 9.39 Å². The van der Waals surface area contributed by atoms with Gasteiger partial charge in [-0.1, -0.05) is 0 Å². The second-order valence-electron chi connectivity index (χ2n) is 3.40. The number of rotatable bonds is 5. The van der Waals surface area contributed by atoms with Crippen molar-refractivity contribution < 1.29 is 9.13 Å². The number of halogens is 2. The number of hydrogen-bond donors (Lipinski definition) is 1. The number of methoxy groups -OCH3 is 1. The summed E-state index contributed by atoms with van der Waals surface area (Å²) in [5.41, 5.74) is 7.22. The molecule has 0 unspecified atom stereocenters. The second kappa shape index (κ2) is 6.24. The Morgan fingerprint density at radius 1 is 1.50 bits per heavy atom. The van der Waals surface area contributed by atoms with E-state index in [2.05, 4.69) is 0 Å². The quantitative estimate of drug-likeness (QED) is 0.662. The highest BCUT2D eigenvalue weighted by atomic mass is 127. The molecule has 0 atom stereocenters. The standard InChI is InChI=1S/C11H16FIN2O/c1-3-15(4-5-16-2)11-6-8(12)9(13)7-10(11)14/h6-7H,3-5,14H2,1-2H3. The minimum Gasteiger partial charge on any atom is -0.397 e. The van der Waals surface area contributed by atoms with Gasteiger partial charge in [-0.2, -0.15) is 0 Å². The molecule has 0 amide bonds. The Labute approximate surface area is 109 Å². The lowest BCUT2D eigenvalue weighted by atomic mass is 10.2. The van der Waals surface area contributed by atoms with Crippen molar-refractivity contribution in [2.75, 3.05) is 37.4 Å². The summed E-state index contributed by atoms with van der Waals surface area (Å²) >= 11 is 1.93. The number of nitrogen functional groups attached to an aromatic ring is 1. The summed E-state index contributed by atoms with van der Waals surface area (Å²) in [4.78, 5) is 2.00. The van der Waals surface area contributed by atoms with E-state index in [1.165, 1.54) is 6.07 Å². The fourth-order valence-corrected chi connectivity index (χ4v) is 1.97. The van der Waals surface area contributed by atoms with Gasteiger partial charge >= 0.3 is 0 Å². The van der Waals surface area contributed by atoms with E-state index >= 15 is 0 Å². The third kappa shape index (κ3) is 3.21. The lowest BCUT2D eigenvalue weighted by molar-refractivity contribution is 0.205. The van der Waals surface area contributed by atoms with Crippen LogP contribution >= 0.6 is 22.6 Å². The first kappa shape index (κ1) is 13.5. The Kier molecular flexibility index (Phi) is 5.27. The molecular formula is C11H16FIN2O. The SMILES string of the molecule is CCN(CCOC)c1cc(F)c(I)cc1N. The van der Waals surface area contributed by atoms with E-state index < -0.39 is 0 Å². The maximum absolute atomic E-state index is 13.5. The number of anilines is 2. The smallest absolute Gasteiger partial charge is 0.138 e. The molecule has 3 nitrogen and oxygen atoms in total. The van der Waals surface area contributed by atoms with Crippen LogP contribution in [0.1, 0.15) is 6.92 Å². The molecule has 0 bridgehead atoms. The molecule has 0 fully saturated rings. The summed E-state index contributed by atoms with van der Waals surface area (Å²) in [6.45, 7) is 4.08. The van der Waals surface area contributed by atoms with Crippen molar-refractivity contribution in [1.29, 1.82) is 0 Å². The molecule has 2 N–H and O–H groups in total. The predicted octanol–water partition coefficient (Wildman–Crippen LogP) is 2.49. The third-order valence-electron chi connectivity index (χ3n) is 2.36. The number of nitrogens with zero attached hydrogens (tertiary/aromatic N) is 1. The van der Waals surface area contributed by atoms with Crippen molar-refractivity contribution in [3.05, 3.63) is 21.5 Å². The van der Waals surface area contributed by atoms with Gasteiger partial charge in [0, 0.05) is 26.3 Å². The molecular weight excluding hydrogens is 322 g/mol. The van der Waals surface area contributed by atoms with Gasteiger partial charge in [0.2, 0.25) is 0 Å². The zero-order chi connectivity index (χ0) is 12.1. The molecule has 0 aromatic heterocycles. The largest absolute Gasteiger partial charge is 0.397 e. The highest BCUT2D eigenvalue weighted by Crippen LogP contribution is 2.27. The summed E-state index contributed by atoms with van der Waals surface area (Å²) in [6.07, 6.45) is 0. The zero-order valence-corrected chi connectivity index (χ0v) is 11.6. The van der Waals surface area contributed by atoms with Gasteiger partial charge in [0.25, 0.3) is 0 Å². The van der Waals surface area contributed by atoms with E-state index in [4.69, 9.17) is 10.5 Å². The van der Waals surface area contributed by atoms with Crippen molar-refractivity contribution >= 4 is 34.0 Å². The molecule has 0 radical (unpaired) electrons. The van der Waals surface area contributed by atoms with E-state index in [9.17, 15) is 4.39 Å². The second-order valence-corrected chi connectivity index (χ2v) is 4.56. The minimum absolute atomic E-state index is 0.235. The molecule has 90 valence electrons. The van der Waals surface area contributed by atoms with Crippen molar-refractivity contribution in [3.8, 4) is 0 Å². The summed E-state index contributed by atoms with van der Waals surface area (Å²) in [5.74, 6) is -0.235.